The molecule has 6 nitrogen and oxygen atoms in total. The maximum Gasteiger partial charge on any atom is 0.147 e. The Morgan fingerprint density at radius 3 is 2.11 bits per heavy atom. The fourth-order valence-corrected chi connectivity index (χ4v) is 5.33. The molecule has 0 saturated heterocycles. The van der Waals surface area contributed by atoms with Gasteiger partial charge in [-0.2, -0.15) is 0 Å². The lowest BCUT2D eigenvalue weighted by atomic mass is 9.70. The van der Waals surface area contributed by atoms with Gasteiger partial charge in [0, 0.05) is 15.9 Å². The number of aromatic hydroxyl groups is 1. The molecular formula is C29H35ClN2O4S. The third-order valence-corrected chi connectivity index (χ3v) is 7.25. The van der Waals surface area contributed by atoms with Crippen LogP contribution in [-0.2, 0) is 20.2 Å². The van der Waals surface area contributed by atoms with Crippen molar-refractivity contribution in [2.24, 2.45) is 15.6 Å². The molecule has 0 spiro atoms. The zero-order valence-corrected chi connectivity index (χ0v) is 23.9. The second kappa shape index (κ2) is 11.5. The summed E-state index contributed by atoms with van der Waals surface area (Å²) >= 11 is 7.15. The van der Waals surface area contributed by atoms with Crippen LogP contribution in [0.1, 0.15) is 71.6 Å². The highest BCUT2D eigenvalue weighted by Crippen LogP contribution is 2.47. The van der Waals surface area contributed by atoms with Crippen LogP contribution in [0.2, 0.25) is 5.02 Å². The molecule has 0 amide bonds. The quantitative estimate of drug-likeness (QED) is 0.122. The van der Waals surface area contributed by atoms with E-state index >= 15 is 0 Å². The van der Waals surface area contributed by atoms with E-state index < -0.39 is 5.41 Å². The zero-order chi connectivity index (χ0) is 27.4. The lowest BCUT2D eigenvalue weighted by Gasteiger charge is -2.35. The van der Waals surface area contributed by atoms with Gasteiger partial charge in [-0.1, -0.05) is 102 Å². The molecule has 0 aliphatic carbocycles. The van der Waals surface area contributed by atoms with E-state index in [0.717, 1.165) is 35.2 Å². The van der Waals surface area contributed by atoms with Gasteiger partial charge in [-0.05, 0) is 52.6 Å². The average Bonchev–Trinajstić information content (AvgIpc) is 2.82. The second-order valence-electron chi connectivity index (χ2n) is 11.5. The topological polar surface area (TPSA) is 83.6 Å². The van der Waals surface area contributed by atoms with Crippen LogP contribution in [0.3, 0.4) is 0 Å². The number of phenols is 1. The van der Waals surface area contributed by atoms with E-state index in [1.165, 1.54) is 0 Å². The van der Waals surface area contributed by atoms with Gasteiger partial charge < -0.3 is 5.11 Å². The van der Waals surface area contributed by atoms with Gasteiger partial charge in [-0.3, -0.25) is 0 Å². The van der Waals surface area contributed by atoms with E-state index in [-0.39, 0.29) is 16.6 Å². The molecule has 0 radical (unpaired) electrons. The number of phenolic OH excluding ortho intramolecular Hbond substituents is 1. The molecule has 37 heavy (non-hydrogen) atoms. The molecule has 0 aliphatic rings. The Morgan fingerprint density at radius 1 is 0.838 bits per heavy atom. The normalized spacial score (nSPS) is 12.9. The molecule has 3 aromatic rings. The molecule has 3 aromatic carbocycles. The molecule has 8 heteroatoms. The first-order chi connectivity index (χ1) is 17.2. The Kier molecular flexibility index (Phi) is 9.09. The molecule has 0 aliphatic heterocycles. The maximum atomic E-state index is 11.5. The van der Waals surface area contributed by atoms with E-state index in [1.807, 2.05) is 24.3 Å². The number of nitrogens with zero attached hydrogens (tertiary/aromatic N) is 2. The van der Waals surface area contributed by atoms with Gasteiger partial charge in [0.05, 0.1) is 17.1 Å². The number of halogens is 1. The molecule has 0 aromatic heterocycles. The highest BCUT2D eigenvalue weighted by molar-refractivity contribution is 7.94. The van der Waals surface area contributed by atoms with E-state index in [1.54, 1.807) is 18.2 Å². The van der Waals surface area contributed by atoms with Crippen LogP contribution in [0.25, 0.3) is 0 Å². The number of hydrogen-bond donors (Lipinski definition) is 2. The molecule has 0 saturated carbocycles. The number of benzene rings is 3. The fourth-order valence-electron chi connectivity index (χ4n) is 4.78. The van der Waals surface area contributed by atoms with Crippen LogP contribution in [0.4, 0.5) is 11.4 Å². The maximum absolute atomic E-state index is 11.5. The van der Waals surface area contributed by atoms with Crippen molar-refractivity contribution in [2.75, 3.05) is 0 Å². The van der Waals surface area contributed by atoms with Gasteiger partial charge in [0.25, 0.3) is 0 Å². The molecule has 0 atom stereocenters. The molecule has 2 N–H and O–H groups in total. The summed E-state index contributed by atoms with van der Waals surface area (Å²) in [5.74, 6) is 0.0755. The summed E-state index contributed by atoms with van der Waals surface area (Å²) in [6.07, 6.45) is 0.935. The third kappa shape index (κ3) is 7.33. The summed E-state index contributed by atoms with van der Waals surface area (Å²) in [5, 5.41) is 32.8. The Labute approximate surface area is 228 Å². The largest absolute Gasteiger partial charge is 0.505 e. The minimum Gasteiger partial charge on any atom is -0.505 e. The highest BCUT2D eigenvalue weighted by Gasteiger charge is 2.33. The molecule has 0 bridgehead atoms. The van der Waals surface area contributed by atoms with Crippen LogP contribution in [0, 0.1) is 5.41 Å². The summed E-state index contributed by atoms with van der Waals surface area (Å²) in [6, 6.07) is 19.1. The van der Waals surface area contributed by atoms with Crippen LogP contribution in [0.5, 0.6) is 5.75 Å². The van der Waals surface area contributed by atoms with Gasteiger partial charge in [0.15, 0.2) is 0 Å². The van der Waals surface area contributed by atoms with Gasteiger partial charge in [0.1, 0.15) is 17.1 Å². The SMILES string of the molecule is CC(C)(C)CC(C)(C)c1cc(N=Nc2cc(SOOO)ccc2Cl)c(O)c(C(C)(C)c2ccccc2)c1. The summed E-state index contributed by atoms with van der Waals surface area (Å²) in [4.78, 5) is 0.600. The number of hydrogen-bond acceptors (Lipinski definition) is 7. The predicted octanol–water partition coefficient (Wildman–Crippen LogP) is 9.93. The molecule has 198 valence electrons. The van der Waals surface area contributed by atoms with Crippen molar-refractivity contribution in [3.63, 3.8) is 0 Å². The number of rotatable bonds is 9. The summed E-state index contributed by atoms with van der Waals surface area (Å²) in [5.41, 5.74) is 3.10. The third-order valence-electron chi connectivity index (χ3n) is 6.36. The van der Waals surface area contributed by atoms with Crippen LogP contribution < -0.4 is 0 Å². The summed E-state index contributed by atoms with van der Waals surface area (Å²) < 4.78 is 4.50. The fraction of sp³-hybridized carbons (Fsp3) is 0.379. The van der Waals surface area contributed by atoms with E-state index in [4.69, 9.17) is 16.9 Å². The number of azo groups is 1. The van der Waals surface area contributed by atoms with E-state index in [9.17, 15) is 5.11 Å². The van der Waals surface area contributed by atoms with Crippen molar-refractivity contribution in [1.82, 2.24) is 0 Å². The standard InChI is InChI=1S/C29H35ClN2O4S/c1-27(2,3)18-28(4,5)20-15-22(29(6,7)19-11-9-8-10-12-19)26(33)25(16-20)32-31-24-17-21(37-36-35-34)13-14-23(24)30/h8-17,33-34H,18H2,1-7H3. The molecule has 0 unspecified atom stereocenters. The van der Waals surface area contributed by atoms with Crippen LogP contribution >= 0.6 is 23.6 Å². The average molecular weight is 543 g/mol. The zero-order valence-electron chi connectivity index (χ0n) is 22.4. The second-order valence-corrected chi connectivity index (χ2v) is 12.7. The molecular weight excluding hydrogens is 508 g/mol. The van der Waals surface area contributed by atoms with Gasteiger partial charge in [-0.15, -0.1) is 14.6 Å². The van der Waals surface area contributed by atoms with Crippen molar-refractivity contribution < 1.29 is 19.7 Å². The monoisotopic (exact) mass is 542 g/mol. The first kappa shape index (κ1) is 29.1. The van der Waals surface area contributed by atoms with E-state index in [0.29, 0.717) is 21.3 Å². The lowest BCUT2D eigenvalue weighted by Crippen LogP contribution is -2.26. The van der Waals surface area contributed by atoms with Crippen LogP contribution in [0.15, 0.2) is 75.8 Å². The van der Waals surface area contributed by atoms with Crippen molar-refractivity contribution in [3.05, 3.63) is 82.4 Å². The Hall–Kier alpha value is -2.42. The minimum absolute atomic E-state index is 0.0755. The molecule has 0 fully saturated rings. The molecule has 3 rings (SSSR count). The summed E-state index contributed by atoms with van der Waals surface area (Å²) in [6.45, 7) is 15.3. The van der Waals surface area contributed by atoms with Crippen molar-refractivity contribution >= 4 is 35.0 Å². The molecule has 0 heterocycles. The first-order valence-electron chi connectivity index (χ1n) is 12.0. The lowest BCUT2D eigenvalue weighted by molar-refractivity contribution is -0.432. The first-order valence-corrected chi connectivity index (χ1v) is 13.2. The van der Waals surface area contributed by atoms with Gasteiger partial charge >= 0.3 is 0 Å². The van der Waals surface area contributed by atoms with Crippen molar-refractivity contribution in [3.8, 4) is 5.75 Å². The van der Waals surface area contributed by atoms with Crippen LogP contribution in [-0.4, -0.2) is 10.4 Å². The van der Waals surface area contributed by atoms with Crippen molar-refractivity contribution in [1.29, 1.82) is 0 Å². The predicted molar refractivity (Wildman–Crippen MR) is 150 cm³/mol. The van der Waals surface area contributed by atoms with Gasteiger partial charge in [0.2, 0.25) is 0 Å². The van der Waals surface area contributed by atoms with Crippen molar-refractivity contribution in [2.45, 2.75) is 70.6 Å². The Bertz CT molecular complexity index is 1250. The highest BCUT2D eigenvalue weighted by atomic mass is 35.5. The smallest absolute Gasteiger partial charge is 0.147 e. The van der Waals surface area contributed by atoms with E-state index in [2.05, 4.69) is 86.3 Å². The van der Waals surface area contributed by atoms with Gasteiger partial charge in [-0.25, -0.2) is 5.26 Å². The Balaban J connectivity index is 2.16. The summed E-state index contributed by atoms with van der Waals surface area (Å²) in [7, 11) is 0. The minimum atomic E-state index is -0.487. The Morgan fingerprint density at radius 2 is 1.49 bits per heavy atom.